The zero-order chi connectivity index (χ0) is 16.1. The van der Waals surface area contributed by atoms with Crippen molar-refractivity contribution in [1.29, 1.82) is 0 Å². The highest BCUT2D eigenvalue weighted by Crippen LogP contribution is 2.31. The number of benzene rings is 2. The van der Waals surface area contributed by atoms with Gasteiger partial charge in [0.05, 0.1) is 0 Å². The van der Waals surface area contributed by atoms with E-state index in [1.54, 1.807) is 19.1 Å². The topological polar surface area (TPSA) is 84.9 Å². The molecule has 2 rings (SSSR count). The number of carboxylic acids is 1. The second kappa shape index (κ2) is 6.91. The molecule has 22 heavy (non-hydrogen) atoms. The van der Waals surface area contributed by atoms with Crippen molar-refractivity contribution in [3.8, 4) is 5.75 Å². The molecule has 6 heteroatoms. The molecular formula is C16H17NO5. The number of anilines is 1. The van der Waals surface area contributed by atoms with Crippen molar-refractivity contribution in [2.75, 3.05) is 19.0 Å². The minimum atomic E-state index is -1.05. The van der Waals surface area contributed by atoms with Crippen LogP contribution in [0, 0.1) is 0 Å². The maximum absolute atomic E-state index is 11.9. The average Bonchev–Trinajstić information content (AvgIpc) is 2.53. The predicted octanol–water partition coefficient (Wildman–Crippen LogP) is 2.28. The van der Waals surface area contributed by atoms with Crippen molar-refractivity contribution in [3.63, 3.8) is 0 Å². The lowest BCUT2D eigenvalue weighted by Crippen LogP contribution is -2.26. The first kappa shape index (κ1) is 15.8. The molecule has 1 unspecified atom stereocenters. The molecular weight excluding hydrogens is 286 g/mol. The van der Waals surface area contributed by atoms with Gasteiger partial charge in [-0.2, -0.15) is 0 Å². The average molecular weight is 303 g/mol. The number of methoxy groups -OCH3 is 1. The molecule has 0 aliphatic heterocycles. The zero-order valence-corrected chi connectivity index (χ0v) is 12.3. The first-order valence-electron chi connectivity index (χ1n) is 6.73. The number of carboxylic acid groups (broad SMARTS) is 1. The highest BCUT2D eigenvalue weighted by molar-refractivity contribution is 6.05. The molecule has 0 heterocycles. The van der Waals surface area contributed by atoms with Crippen LogP contribution in [0.25, 0.3) is 10.8 Å². The molecule has 0 aliphatic rings. The molecule has 0 spiro atoms. The fourth-order valence-electron chi connectivity index (χ4n) is 1.99. The number of fused-ring (bicyclic) bond motifs is 1. The molecule has 2 N–H and O–H groups in total. The van der Waals surface area contributed by atoms with E-state index in [9.17, 15) is 9.59 Å². The van der Waals surface area contributed by atoms with E-state index in [4.69, 9.17) is 14.6 Å². The van der Waals surface area contributed by atoms with E-state index in [0.717, 1.165) is 10.8 Å². The van der Waals surface area contributed by atoms with Crippen LogP contribution in [-0.2, 0) is 14.3 Å². The fourth-order valence-corrected chi connectivity index (χ4v) is 1.99. The molecule has 2 aromatic carbocycles. The quantitative estimate of drug-likeness (QED) is 0.855. The summed E-state index contributed by atoms with van der Waals surface area (Å²) < 4.78 is 10.3. The summed E-state index contributed by atoms with van der Waals surface area (Å²) in [6.07, 6.45) is -0.568. The van der Waals surface area contributed by atoms with E-state index in [2.05, 4.69) is 5.32 Å². The van der Waals surface area contributed by atoms with Gasteiger partial charge in [-0.25, -0.2) is 4.79 Å². The summed E-state index contributed by atoms with van der Waals surface area (Å²) in [4.78, 5) is 22.6. The van der Waals surface area contributed by atoms with Gasteiger partial charge in [-0.3, -0.25) is 4.79 Å². The van der Waals surface area contributed by atoms with E-state index >= 15 is 0 Å². The van der Waals surface area contributed by atoms with Crippen LogP contribution in [-0.4, -0.2) is 36.8 Å². The molecule has 6 nitrogen and oxygen atoms in total. The highest BCUT2D eigenvalue weighted by atomic mass is 16.5. The van der Waals surface area contributed by atoms with Gasteiger partial charge in [-0.05, 0) is 19.1 Å². The summed E-state index contributed by atoms with van der Waals surface area (Å²) >= 11 is 0. The molecule has 0 radical (unpaired) electrons. The minimum absolute atomic E-state index is 0.258. The van der Waals surface area contributed by atoms with Crippen molar-refractivity contribution in [2.45, 2.75) is 13.0 Å². The van der Waals surface area contributed by atoms with Crippen molar-refractivity contribution >= 4 is 28.3 Å². The van der Waals surface area contributed by atoms with Crippen LogP contribution >= 0.6 is 0 Å². The van der Waals surface area contributed by atoms with E-state index in [0.29, 0.717) is 11.4 Å². The van der Waals surface area contributed by atoms with Crippen LogP contribution in [0.4, 0.5) is 5.69 Å². The van der Waals surface area contributed by atoms with Crippen LogP contribution in [0.15, 0.2) is 36.4 Å². The molecule has 0 bridgehead atoms. The molecule has 0 fully saturated rings. The third-order valence-electron chi connectivity index (χ3n) is 3.22. The summed E-state index contributed by atoms with van der Waals surface area (Å²) in [7, 11) is 1.46. The third-order valence-corrected chi connectivity index (χ3v) is 3.22. The van der Waals surface area contributed by atoms with E-state index < -0.39 is 18.7 Å². The lowest BCUT2D eigenvalue weighted by Gasteiger charge is -2.14. The lowest BCUT2D eigenvalue weighted by atomic mass is 10.1. The van der Waals surface area contributed by atoms with Gasteiger partial charge < -0.3 is 19.9 Å². The molecule has 0 saturated carbocycles. The number of carbonyl (C=O) groups is 2. The molecule has 1 atom stereocenters. The van der Waals surface area contributed by atoms with E-state index in [1.165, 1.54) is 7.11 Å². The number of rotatable bonds is 6. The monoisotopic (exact) mass is 303 g/mol. The summed E-state index contributed by atoms with van der Waals surface area (Å²) in [6.45, 7) is 1.23. The number of hydrogen-bond acceptors (Lipinski definition) is 4. The van der Waals surface area contributed by atoms with Crippen molar-refractivity contribution in [2.24, 2.45) is 0 Å². The largest absolute Gasteiger partial charge is 0.481 e. The highest BCUT2D eigenvalue weighted by Gasteiger charge is 2.14. The maximum atomic E-state index is 11.9. The van der Waals surface area contributed by atoms with E-state index in [-0.39, 0.29) is 5.91 Å². The zero-order valence-electron chi connectivity index (χ0n) is 12.3. The molecule has 116 valence electrons. The Kier molecular flexibility index (Phi) is 4.95. The Bertz CT molecular complexity index is 698. The number of amides is 1. The van der Waals surface area contributed by atoms with Gasteiger partial charge in [0.15, 0.2) is 6.61 Å². The SMILES string of the molecule is COC(C)C(=O)Nc1ccc(OCC(=O)O)c2ccccc12. The number of ether oxygens (including phenoxy) is 2. The second-order valence-electron chi connectivity index (χ2n) is 4.71. The summed E-state index contributed by atoms with van der Waals surface area (Å²) in [5, 5.41) is 13.0. The third kappa shape index (κ3) is 3.53. The molecule has 1 amide bonds. The Hall–Kier alpha value is -2.60. The standard InChI is InChI=1S/C16H17NO5/c1-10(21-2)16(20)17-13-7-8-14(22-9-15(18)19)12-6-4-3-5-11(12)13/h3-8,10H,9H2,1-2H3,(H,17,20)(H,18,19). The van der Waals surface area contributed by atoms with Gasteiger partial charge >= 0.3 is 5.97 Å². The summed E-state index contributed by atoms with van der Waals surface area (Å²) in [6, 6.07) is 10.6. The first-order valence-corrected chi connectivity index (χ1v) is 6.73. The molecule has 2 aromatic rings. The first-order chi connectivity index (χ1) is 10.5. The summed E-state index contributed by atoms with van der Waals surface area (Å²) in [5.74, 6) is -0.849. The summed E-state index contributed by atoms with van der Waals surface area (Å²) in [5.41, 5.74) is 0.618. The Morgan fingerprint density at radius 2 is 1.86 bits per heavy atom. The van der Waals surface area contributed by atoms with Gasteiger partial charge in [0.25, 0.3) is 5.91 Å². The Morgan fingerprint density at radius 3 is 2.50 bits per heavy atom. The van der Waals surface area contributed by atoms with Gasteiger partial charge in [0.2, 0.25) is 0 Å². The normalized spacial score (nSPS) is 11.9. The van der Waals surface area contributed by atoms with Crippen molar-refractivity contribution in [3.05, 3.63) is 36.4 Å². The van der Waals surface area contributed by atoms with E-state index in [1.807, 2.05) is 24.3 Å². The minimum Gasteiger partial charge on any atom is -0.481 e. The van der Waals surface area contributed by atoms with Crippen molar-refractivity contribution < 1.29 is 24.2 Å². The molecule has 0 aromatic heterocycles. The second-order valence-corrected chi connectivity index (χ2v) is 4.71. The van der Waals surface area contributed by atoms with Gasteiger partial charge in [-0.15, -0.1) is 0 Å². The fraction of sp³-hybridized carbons (Fsp3) is 0.250. The number of aliphatic carboxylic acids is 1. The Morgan fingerprint density at radius 1 is 1.18 bits per heavy atom. The van der Waals surface area contributed by atoms with Crippen molar-refractivity contribution in [1.82, 2.24) is 0 Å². The van der Waals surface area contributed by atoms with Crippen LogP contribution < -0.4 is 10.1 Å². The van der Waals surface area contributed by atoms with Crippen LogP contribution in [0.1, 0.15) is 6.92 Å². The van der Waals surface area contributed by atoms with Gasteiger partial charge in [0.1, 0.15) is 11.9 Å². The number of hydrogen-bond donors (Lipinski definition) is 2. The lowest BCUT2D eigenvalue weighted by molar-refractivity contribution is -0.139. The number of nitrogens with one attached hydrogen (secondary N) is 1. The predicted molar refractivity (Wildman–Crippen MR) is 82.2 cm³/mol. The van der Waals surface area contributed by atoms with Gasteiger partial charge in [0, 0.05) is 23.6 Å². The molecule has 0 aliphatic carbocycles. The smallest absolute Gasteiger partial charge is 0.341 e. The van der Waals surface area contributed by atoms with Crippen LogP contribution in [0.3, 0.4) is 0 Å². The van der Waals surface area contributed by atoms with Crippen LogP contribution in [0.2, 0.25) is 0 Å². The van der Waals surface area contributed by atoms with Crippen LogP contribution in [0.5, 0.6) is 5.75 Å². The van der Waals surface area contributed by atoms with Gasteiger partial charge in [-0.1, -0.05) is 24.3 Å². The molecule has 0 saturated heterocycles. The Balaban J connectivity index is 2.35. The maximum Gasteiger partial charge on any atom is 0.341 e. The Labute approximate surface area is 127 Å². The number of carbonyl (C=O) groups excluding carboxylic acids is 1.